The zero-order chi connectivity index (χ0) is 9.35. The second-order valence-corrected chi connectivity index (χ2v) is 5.75. The topological polar surface area (TPSA) is 37.4 Å². The lowest BCUT2D eigenvalue weighted by molar-refractivity contribution is 0.222. The van der Waals surface area contributed by atoms with E-state index < -0.39 is 15.8 Å². The number of nitrogens with zero attached hydrogens (tertiary/aromatic N) is 1. The van der Waals surface area contributed by atoms with Crippen molar-refractivity contribution in [3.63, 3.8) is 0 Å². The van der Waals surface area contributed by atoms with Crippen LogP contribution in [-0.4, -0.2) is 36.4 Å². The fourth-order valence-electron chi connectivity index (χ4n) is 1.03. The van der Waals surface area contributed by atoms with Crippen molar-refractivity contribution in [1.82, 2.24) is 4.31 Å². The van der Waals surface area contributed by atoms with Crippen LogP contribution < -0.4 is 0 Å². The third kappa shape index (κ3) is 1.94. The van der Waals surface area contributed by atoms with Gasteiger partial charge in [0, 0.05) is 17.9 Å². The summed E-state index contributed by atoms with van der Waals surface area (Å²) < 4.78 is 46.4. The lowest BCUT2D eigenvalue weighted by Crippen LogP contribution is -2.33. The maximum Gasteiger partial charge on any atom is 0.350 e. The van der Waals surface area contributed by atoms with Crippen molar-refractivity contribution < 1.29 is 17.2 Å². The van der Waals surface area contributed by atoms with E-state index in [1.54, 1.807) is 0 Å². The van der Waals surface area contributed by atoms with Crippen molar-refractivity contribution in [2.24, 2.45) is 0 Å². The highest BCUT2D eigenvalue weighted by molar-refractivity contribution is 9.09. The molecule has 72 valence electrons. The van der Waals surface area contributed by atoms with E-state index in [2.05, 4.69) is 15.9 Å². The van der Waals surface area contributed by atoms with Gasteiger partial charge in [-0.3, -0.25) is 0 Å². The van der Waals surface area contributed by atoms with Crippen LogP contribution in [0.3, 0.4) is 0 Å². The first kappa shape index (κ1) is 10.3. The summed E-state index contributed by atoms with van der Waals surface area (Å²) in [6.45, 7) is 0.329. The molecule has 0 saturated carbocycles. The number of sulfonamides is 1. The van der Waals surface area contributed by atoms with Crippen LogP contribution in [0.4, 0.5) is 8.78 Å². The SMILES string of the molecule is O=S(=O)(C(F)F)N1CCC(Br)C1. The molecule has 0 aromatic heterocycles. The lowest BCUT2D eigenvalue weighted by atomic mass is 10.4. The van der Waals surface area contributed by atoms with Crippen LogP contribution in [0.25, 0.3) is 0 Å². The Morgan fingerprint density at radius 1 is 1.50 bits per heavy atom. The molecule has 1 atom stereocenters. The summed E-state index contributed by atoms with van der Waals surface area (Å²) in [5.41, 5.74) is 0. The van der Waals surface area contributed by atoms with Crippen LogP contribution in [0, 0.1) is 0 Å². The fourth-order valence-corrected chi connectivity index (χ4v) is 2.75. The molecule has 0 aromatic carbocycles. The molecule has 7 heteroatoms. The molecule has 12 heavy (non-hydrogen) atoms. The van der Waals surface area contributed by atoms with Gasteiger partial charge in [0.1, 0.15) is 0 Å². The average Bonchev–Trinajstić information content (AvgIpc) is 2.35. The summed E-state index contributed by atoms with van der Waals surface area (Å²) in [5.74, 6) is -3.30. The summed E-state index contributed by atoms with van der Waals surface area (Å²) in [6.07, 6.45) is 0.589. The zero-order valence-corrected chi connectivity index (χ0v) is 8.48. The second-order valence-electron chi connectivity index (χ2n) is 2.55. The maximum absolute atomic E-state index is 11.9. The van der Waals surface area contributed by atoms with Gasteiger partial charge in [-0.15, -0.1) is 0 Å². The summed E-state index contributed by atoms with van der Waals surface area (Å²) in [4.78, 5) is 0.00558. The Kier molecular flexibility index (Phi) is 3.06. The van der Waals surface area contributed by atoms with Gasteiger partial charge in [-0.1, -0.05) is 15.9 Å². The number of alkyl halides is 3. The van der Waals surface area contributed by atoms with E-state index in [4.69, 9.17) is 0 Å². The van der Waals surface area contributed by atoms with Crippen LogP contribution in [0.5, 0.6) is 0 Å². The number of halogens is 3. The zero-order valence-electron chi connectivity index (χ0n) is 6.08. The van der Waals surface area contributed by atoms with Crippen molar-refractivity contribution in [3.8, 4) is 0 Å². The molecule has 0 amide bonds. The van der Waals surface area contributed by atoms with E-state index in [0.717, 1.165) is 4.31 Å². The minimum absolute atomic E-state index is 0.00558. The third-order valence-electron chi connectivity index (χ3n) is 1.68. The van der Waals surface area contributed by atoms with E-state index in [9.17, 15) is 17.2 Å². The molecular weight excluding hydrogens is 256 g/mol. The summed E-state index contributed by atoms with van der Waals surface area (Å²) in [5, 5.41) is 0. The Labute approximate surface area is 77.9 Å². The van der Waals surface area contributed by atoms with Crippen LogP contribution in [0.2, 0.25) is 0 Å². The highest BCUT2D eigenvalue weighted by atomic mass is 79.9. The minimum atomic E-state index is -4.34. The van der Waals surface area contributed by atoms with Gasteiger partial charge in [0.25, 0.3) is 10.0 Å². The van der Waals surface area contributed by atoms with Gasteiger partial charge in [0.15, 0.2) is 0 Å². The average molecular weight is 264 g/mol. The number of rotatable bonds is 2. The molecule has 1 fully saturated rings. The summed E-state index contributed by atoms with van der Waals surface area (Å²) >= 11 is 3.17. The van der Waals surface area contributed by atoms with Crippen molar-refractivity contribution >= 4 is 26.0 Å². The van der Waals surface area contributed by atoms with Crippen molar-refractivity contribution in [1.29, 1.82) is 0 Å². The van der Waals surface area contributed by atoms with Gasteiger partial charge in [0.05, 0.1) is 0 Å². The van der Waals surface area contributed by atoms with Crippen LogP contribution in [-0.2, 0) is 10.0 Å². The normalized spacial score (nSPS) is 26.8. The standard InChI is InChI=1S/C5H8BrF2NO2S/c6-4-1-2-9(3-4)12(10,11)5(7)8/h4-5H,1-3H2. The smallest absolute Gasteiger partial charge is 0.206 e. The van der Waals surface area contributed by atoms with E-state index >= 15 is 0 Å². The fraction of sp³-hybridized carbons (Fsp3) is 1.00. The highest BCUT2D eigenvalue weighted by Crippen LogP contribution is 2.22. The molecule has 0 bridgehead atoms. The Balaban J connectivity index is 2.71. The molecule has 0 aromatic rings. The summed E-state index contributed by atoms with van der Waals surface area (Å²) in [7, 11) is -4.34. The molecule has 1 heterocycles. The first-order valence-electron chi connectivity index (χ1n) is 3.36. The van der Waals surface area contributed by atoms with Gasteiger partial charge in [-0.2, -0.15) is 13.1 Å². The molecule has 1 rings (SSSR count). The molecule has 0 radical (unpaired) electrons. The largest absolute Gasteiger partial charge is 0.350 e. The van der Waals surface area contributed by atoms with Gasteiger partial charge < -0.3 is 0 Å². The first-order chi connectivity index (χ1) is 5.44. The quantitative estimate of drug-likeness (QED) is 0.698. The molecule has 0 N–H and O–H groups in total. The van der Waals surface area contributed by atoms with Crippen molar-refractivity contribution in [2.45, 2.75) is 17.0 Å². The molecule has 3 nitrogen and oxygen atoms in total. The molecule has 1 aliphatic heterocycles. The molecule has 1 saturated heterocycles. The second kappa shape index (κ2) is 3.55. The monoisotopic (exact) mass is 263 g/mol. The molecule has 1 aliphatic rings. The molecular formula is C5H8BrF2NO2S. The van der Waals surface area contributed by atoms with Gasteiger partial charge in [0.2, 0.25) is 0 Å². The van der Waals surface area contributed by atoms with Gasteiger partial charge >= 0.3 is 5.76 Å². The Morgan fingerprint density at radius 2 is 2.08 bits per heavy atom. The van der Waals surface area contributed by atoms with Gasteiger partial charge in [-0.25, -0.2) is 8.42 Å². The molecule has 1 unspecified atom stereocenters. The van der Waals surface area contributed by atoms with Crippen LogP contribution in [0.1, 0.15) is 6.42 Å². The lowest BCUT2D eigenvalue weighted by Gasteiger charge is -2.13. The third-order valence-corrected chi connectivity index (χ3v) is 3.93. The van der Waals surface area contributed by atoms with Crippen molar-refractivity contribution in [3.05, 3.63) is 0 Å². The van der Waals surface area contributed by atoms with Crippen LogP contribution >= 0.6 is 15.9 Å². The minimum Gasteiger partial charge on any atom is -0.206 e. The van der Waals surface area contributed by atoms with E-state index in [0.29, 0.717) is 6.42 Å². The molecule has 0 spiro atoms. The van der Waals surface area contributed by atoms with Crippen LogP contribution in [0.15, 0.2) is 0 Å². The maximum atomic E-state index is 11.9. The highest BCUT2D eigenvalue weighted by Gasteiger charge is 2.36. The predicted octanol–water partition coefficient (Wildman–Crippen LogP) is 1.01. The number of hydrogen-bond acceptors (Lipinski definition) is 2. The Morgan fingerprint density at radius 3 is 2.42 bits per heavy atom. The molecule has 0 aliphatic carbocycles. The van der Waals surface area contributed by atoms with E-state index in [-0.39, 0.29) is 17.9 Å². The van der Waals surface area contributed by atoms with Crippen molar-refractivity contribution in [2.75, 3.05) is 13.1 Å². The first-order valence-corrected chi connectivity index (χ1v) is 5.77. The number of hydrogen-bond donors (Lipinski definition) is 0. The van der Waals surface area contributed by atoms with Gasteiger partial charge in [-0.05, 0) is 6.42 Å². The Bertz CT molecular complexity index is 256. The van der Waals surface area contributed by atoms with E-state index in [1.807, 2.05) is 0 Å². The summed E-state index contributed by atoms with van der Waals surface area (Å²) in [6, 6.07) is 0. The predicted molar refractivity (Wildman–Crippen MR) is 43.8 cm³/mol. The van der Waals surface area contributed by atoms with E-state index in [1.165, 1.54) is 0 Å². The Hall–Kier alpha value is 0.250.